The molecule has 0 aromatic heterocycles. The molecular formula is C15H21FN2. The molecule has 1 saturated heterocycles. The van der Waals surface area contributed by atoms with Gasteiger partial charge in [0.15, 0.2) is 0 Å². The maximum atomic E-state index is 14.0. The van der Waals surface area contributed by atoms with E-state index in [0.717, 1.165) is 43.7 Å². The van der Waals surface area contributed by atoms with E-state index in [1.807, 2.05) is 19.1 Å². The van der Waals surface area contributed by atoms with Crippen LogP contribution < -0.4 is 5.32 Å². The molecule has 1 aliphatic rings. The first-order valence-corrected chi connectivity index (χ1v) is 6.52. The van der Waals surface area contributed by atoms with Gasteiger partial charge < -0.3 is 5.32 Å². The summed E-state index contributed by atoms with van der Waals surface area (Å²) >= 11 is 0. The van der Waals surface area contributed by atoms with Crippen LogP contribution in [-0.2, 0) is 0 Å². The first-order valence-electron chi connectivity index (χ1n) is 6.52. The molecule has 0 bridgehead atoms. The predicted molar refractivity (Wildman–Crippen MR) is 73.0 cm³/mol. The average Bonchev–Trinajstić information content (AvgIpc) is 2.38. The minimum atomic E-state index is -0.109. The van der Waals surface area contributed by atoms with Gasteiger partial charge in [-0.25, -0.2) is 4.39 Å². The molecule has 0 spiro atoms. The summed E-state index contributed by atoms with van der Waals surface area (Å²) in [6, 6.07) is 7.21. The summed E-state index contributed by atoms with van der Waals surface area (Å²) in [4.78, 5) is 2.35. The van der Waals surface area contributed by atoms with Gasteiger partial charge in [0.25, 0.3) is 0 Å². The Hall–Kier alpha value is -1.19. The van der Waals surface area contributed by atoms with Crippen molar-refractivity contribution in [1.82, 2.24) is 10.2 Å². The van der Waals surface area contributed by atoms with Gasteiger partial charge in [0.2, 0.25) is 0 Å². The van der Waals surface area contributed by atoms with E-state index in [1.54, 1.807) is 12.1 Å². The Morgan fingerprint density at radius 2 is 2.06 bits per heavy atom. The number of nitrogens with one attached hydrogen (secondary N) is 1. The Labute approximate surface area is 108 Å². The topological polar surface area (TPSA) is 15.3 Å². The van der Waals surface area contributed by atoms with E-state index in [2.05, 4.69) is 16.8 Å². The number of rotatable bonds is 4. The van der Waals surface area contributed by atoms with E-state index in [9.17, 15) is 4.39 Å². The highest BCUT2D eigenvalue weighted by molar-refractivity contribution is 5.23. The minimum Gasteiger partial charge on any atom is -0.314 e. The highest BCUT2D eigenvalue weighted by Gasteiger charge is 2.24. The lowest BCUT2D eigenvalue weighted by Crippen LogP contribution is -2.45. The number of hydrogen-bond donors (Lipinski definition) is 1. The highest BCUT2D eigenvalue weighted by atomic mass is 19.1. The van der Waals surface area contributed by atoms with Crippen LogP contribution >= 0.6 is 0 Å². The highest BCUT2D eigenvalue weighted by Crippen LogP contribution is 2.29. The van der Waals surface area contributed by atoms with E-state index in [0.29, 0.717) is 0 Å². The summed E-state index contributed by atoms with van der Waals surface area (Å²) in [5.41, 5.74) is 1.89. The van der Waals surface area contributed by atoms with Crippen LogP contribution in [0.4, 0.5) is 4.39 Å². The molecule has 1 aromatic rings. The van der Waals surface area contributed by atoms with Crippen molar-refractivity contribution < 1.29 is 4.39 Å². The second kappa shape index (κ2) is 6.12. The lowest BCUT2D eigenvalue weighted by molar-refractivity contribution is 0.169. The Bertz CT molecular complexity index is 411. The molecule has 2 rings (SSSR count). The molecule has 0 unspecified atom stereocenters. The van der Waals surface area contributed by atoms with Gasteiger partial charge in [0, 0.05) is 37.8 Å². The Kier molecular flexibility index (Phi) is 4.50. The SMILES string of the molecule is C=C(C)C[C@@H](c1ccccc1F)N1CCNCC1. The van der Waals surface area contributed by atoms with Crippen molar-refractivity contribution in [2.24, 2.45) is 0 Å². The minimum absolute atomic E-state index is 0.109. The van der Waals surface area contributed by atoms with E-state index < -0.39 is 0 Å². The number of halogens is 1. The molecule has 3 heteroatoms. The maximum absolute atomic E-state index is 14.0. The van der Waals surface area contributed by atoms with Crippen molar-refractivity contribution in [3.05, 3.63) is 47.8 Å². The number of nitrogens with zero attached hydrogens (tertiary/aromatic N) is 1. The predicted octanol–water partition coefficient (Wildman–Crippen LogP) is 2.74. The molecule has 1 heterocycles. The lowest BCUT2D eigenvalue weighted by atomic mass is 9.97. The number of benzene rings is 1. The van der Waals surface area contributed by atoms with E-state index in [1.165, 1.54) is 0 Å². The van der Waals surface area contributed by atoms with Gasteiger partial charge in [0.05, 0.1) is 0 Å². The Morgan fingerprint density at radius 1 is 1.39 bits per heavy atom. The molecule has 0 amide bonds. The second-order valence-corrected chi connectivity index (χ2v) is 4.98. The van der Waals surface area contributed by atoms with Crippen LogP contribution in [0, 0.1) is 5.82 Å². The Balaban J connectivity index is 2.24. The van der Waals surface area contributed by atoms with Crippen molar-refractivity contribution in [2.75, 3.05) is 26.2 Å². The smallest absolute Gasteiger partial charge is 0.127 e. The van der Waals surface area contributed by atoms with Crippen molar-refractivity contribution in [3.8, 4) is 0 Å². The fourth-order valence-corrected chi connectivity index (χ4v) is 2.50. The summed E-state index contributed by atoms with van der Waals surface area (Å²) in [6.07, 6.45) is 0.820. The monoisotopic (exact) mass is 248 g/mol. The summed E-state index contributed by atoms with van der Waals surface area (Å²) in [6.45, 7) is 9.87. The molecule has 1 N–H and O–H groups in total. The van der Waals surface area contributed by atoms with Gasteiger partial charge in [-0.05, 0) is 19.4 Å². The average molecular weight is 248 g/mol. The summed E-state index contributed by atoms with van der Waals surface area (Å²) < 4.78 is 14.0. The zero-order valence-electron chi connectivity index (χ0n) is 11.0. The van der Waals surface area contributed by atoms with Crippen LogP contribution in [0.2, 0.25) is 0 Å². The second-order valence-electron chi connectivity index (χ2n) is 4.98. The molecule has 1 fully saturated rings. The van der Waals surface area contributed by atoms with Crippen molar-refractivity contribution >= 4 is 0 Å². The molecular weight excluding hydrogens is 227 g/mol. The fourth-order valence-electron chi connectivity index (χ4n) is 2.50. The standard InChI is InChI=1S/C15H21FN2/c1-12(2)11-15(18-9-7-17-8-10-18)13-5-3-4-6-14(13)16/h3-6,15,17H,1,7-11H2,2H3/t15-/m0/s1. The molecule has 0 saturated carbocycles. The van der Waals surface area contributed by atoms with E-state index >= 15 is 0 Å². The van der Waals surface area contributed by atoms with Crippen LogP contribution in [-0.4, -0.2) is 31.1 Å². The van der Waals surface area contributed by atoms with Crippen LogP contribution in [0.5, 0.6) is 0 Å². The van der Waals surface area contributed by atoms with Gasteiger partial charge in [-0.15, -0.1) is 6.58 Å². The first kappa shape index (κ1) is 13.2. The number of piperazine rings is 1. The molecule has 0 aliphatic carbocycles. The molecule has 1 aliphatic heterocycles. The third-order valence-electron chi connectivity index (χ3n) is 3.40. The molecule has 98 valence electrons. The molecule has 1 aromatic carbocycles. The van der Waals surface area contributed by atoms with Gasteiger partial charge >= 0.3 is 0 Å². The zero-order valence-corrected chi connectivity index (χ0v) is 11.0. The van der Waals surface area contributed by atoms with Gasteiger partial charge in [-0.2, -0.15) is 0 Å². The van der Waals surface area contributed by atoms with Crippen LogP contribution in [0.1, 0.15) is 24.9 Å². The summed E-state index contributed by atoms with van der Waals surface area (Å²) in [5, 5.41) is 3.33. The van der Waals surface area contributed by atoms with Gasteiger partial charge in [-0.3, -0.25) is 4.90 Å². The zero-order chi connectivity index (χ0) is 13.0. The molecule has 2 nitrogen and oxygen atoms in total. The number of hydrogen-bond acceptors (Lipinski definition) is 2. The largest absolute Gasteiger partial charge is 0.314 e. The molecule has 0 radical (unpaired) electrons. The van der Waals surface area contributed by atoms with Gasteiger partial charge in [-0.1, -0.05) is 23.8 Å². The quantitative estimate of drug-likeness (QED) is 0.824. The Morgan fingerprint density at radius 3 is 2.67 bits per heavy atom. The van der Waals surface area contributed by atoms with Crippen LogP contribution in [0.25, 0.3) is 0 Å². The third-order valence-corrected chi connectivity index (χ3v) is 3.40. The lowest BCUT2D eigenvalue weighted by Gasteiger charge is -2.35. The third kappa shape index (κ3) is 3.18. The maximum Gasteiger partial charge on any atom is 0.127 e. The van der Waals surface area contributed by atoms with Crippen molar-refractivity contribution in [1.29, 1.82) is 0 Å². The normalized spacial score (nSPS) is 18.6. The van der Waals surface area contributed by atoms with Crippen molar-refractivity contribution in [3.63, 3.8) is 0 Å². The van der Waals surface area contributed by atoms with E-state index in [4.69, 9.17) is 0 Å². The summed E-state index contributed by atoms with van der Waals surface area (Å²) in [5.74, 6) is -0.109. The summed E-state index contributed by atoms with van der Waals surface area (Å²) in [7, 11) is 0. The van der Waals surface area contributed by atoms with Crippen LogP contribution in [0.15, 0.2) is 36.4 Å². The molecule has 1 atom stereocenters. The van der Waals surface area contributed by atoms with Crippen molar-refractivity contribution in [2.45, 2.75) is 19.4 Å². The first-order chi connectivity index (χ1) is 8.68. The van der Waals surface area contributed by atoms with Crippen LogP contribution in [0.3, 0.4) is 0 Å². The molecule has 18 heavy (non-hydrogen) atoms. The van der Waals surface area contributed by atoms with Gasteiger partial charge in [0.1, 0.15) is 5.82 Å². The fraction of sp³-hybridized carbons (Fsp3) is 0.467. The van der Waals surface area contributed by atoms with E-state index in [-0.39, 0.29) is 11.9 Å².